The Kier molecular flexibility index (Phi) is 7.52. The van der Waals surface area contributed by atoms with Crippen molar-refractivity contribution in [3.05, 3.63) is 65.0 Å². The van der Waals surface area contributed by atoms with Crippen molar-refractivity contribution in [2.45, 2.75) is 77.6 Å². The summed E-state index contributed by atoms with van der Waals surface area (Å²) >= 11 is 0. The summed E-state index contributed by atoms with van der Waals surface area (Å²) in [5.74, 6) is 8.18. The molecule has 0 aliphatic heterocycles. The number of rotatable bonds is 6. The number of hydrogen-bond donors (Lipinski definition) is 0. The molecule has 0 spiro atoms. The summed E-state index contributed by atoms with van der Waals surface area (Å²) < 4.78 is 0. The summed E-state index contributed by atoms with van der Waals surface area (Å²) in [6.07, 6.45) is 13.9. The fraction of sp³-hybridized carbons (Fsp3) is 0.500. The van der Waals surface area contributed by atoms with Crippen LogP contribution in [-0.4, -0.2) is 4.98 Å². The molecule has 0 radical (unpaired) electrons. The van der Waals surface area contributed by atoms with Crippen molar-refractivity contribution in [1.29, 1.82) is 0 Å². The van der Waals surface area contributed by atoms with E-state index in [-0.39, 0.29) is 0 Å². The number of nitrogens with zero attached hydrogens (tertiary/aromatic N) is 1. The van der Waals surface area contributed by atoms with Gasteiger partial charge in [-0.05, 0) is 79.2 Å². The van der Waals surface area contributed by atoms with Crippen LogP contribution in [0.15, 0.2) is 42.6 Å². The summed E-state index contributed by atoms with van der Waals surface area (Å²) in [7, 11) is 0. The van der Waals surface area contributed by atoms with E-state index in [1.807, 2.05) is 12.3 Å². The van der Waals surface area contributed by atoms with Crippen LogP contribution in [0.2, 0.25) is 0 Å². The van der Waals surface area contributed by atoms with Gasteiger partial charge in [0.2, 0.25) is 0 Å². The topological polar surface area (TPSA) is 12.9 Å². The van der Waals surface area contributed by atoms with E-state index in [2.05, 4.69) is 61.0 Å². The zero-order valence-electron chi connectivity index (χ0n) is 17.0. The summed E-state index contributed by atoms with van der Waals surface area (Å²) in [5, 5.41) is 0. The third-order valence-corrected chi connectivity index (χ3v) is 5.89. The van der Waals surface area contributed by atoms with E-state index in [0.717, 1.165) is 35.9 Å². The van der Waals surface area contributed by atoms with Gasteiger partial charge in [0.25, 0.3) is 0 Å². The molecule has 142 valence electrons. The minimum atomic E-state index is 0.748. The lowest BCUT2D eigenvalue weighted by Crippen LogP contribution is -2.13. The molecular weight excluding hydrogens is 326 g/mol. The van der Waals surface area contributed by atoms with Gasteiger partial charge in [-0.25, -0.2) is 4.98 Å². The molecule has 1 aliphatic rings. The molecule has 0 amide bonds. The van der Waals surface area contributed by atoms with E-state index in [1.165, 1.54) is 56.1 Å². The first kappa shape index (κ1) is 19.7. The van der Waals surface area contributed by atoms with Crippen LogP contribution in [0.5, 0.6) is 0 Å². The van der Waals surface area contributed by atoms with Crippen molar-refractivity contribution in [2.24, 2.45) is 5.92 Å². The molecule has 1 aliphatic carbocycles. The minimum absolute atomic E-state index is 0.748. The quantitative estimate of drug-likeness (QED) is 0.511. The van der Waals surface area contributed by atoms with Crippen LogP contribution >= 0.6 is 0 Å². The predicted octanol–water partition coefficient (Wildman–Crippen LogP) is 6.90. The smallest absolute Gasteiger partial charge is 0.113 e. The Hall–Kier alpha value is -2.07. The van der Waals surface area contributed by atoms with Crippen LogP contribution in [0, 0.1) is 17.8 Å². The first-order chi connectivity index (χ1) is 13.3. The number of pyridine rings is 1. The Labute approximate surface area is 165 Å². The number of aryl methyl sites for hydroxylation is 1. The van der Waals surface area contributed by atoms with Crippen molar-refractivity contribution in [2.75, 3.05) is 0 Å². The molecular formula is C26H33N. The van der Waals surface area contributed by atoms with E-state index >= 15 is 0 Å². The number of unbranched alkanes of at least 4 members (excludes halogenated alkanes) is 1. The zero-order chi connectivity index (χ0) is 18.9. The standard InChI is InChI=1S/C26H33N/c1-3-5-7-21-8-14-24(15-9-21)25-16-10-22(11-17-25)12-18-26-19-13-23(6-4-2)20-27-26/h10-11,13,16-17,19-21,24H,3-9,14-15H2,1-2H3. The maximum absolute atomic E-state index is 4.46. The molecule has 1 heterocycles. The minimum Gasteiger partial charge on any atom is -0.248 e. The second-order valence-electron chi connectivity index (χ2n) is 8.03. The fourth-order valence-electron chi connectivity index (χ4n) is 4.19. The Balaban J connectivity index is 1.55. The first-order valence-electron chi connectivity index (χ1n) is 10.9. The van der Waals surface area contributed by atoms with Crippen LogP contribution in [0.25, 0.3) is 0 Å². The number of aromatic nitrogens is 1. The van der Waals surface area contributed by atoms with Gasteiger partial charge in [-0.3, -0.25) is 0 Å². The zero-order valence-corrected chi connectivity index (χ0v) is 17.0. The van der Waals surface area contributed by atoms with E-state index in [4.69, 9.17) is 0 Å². The summed E-state index contributed by atoms with van der Waals surface area (Å²) in [6.45, 7) is 4.49. The van der Waals surface area contributed by atoms with Crippen LogP contribution in [0.4, 0.5) is 0 Å². The average molecular weight is 360 g/mol. The molecule has 1 fully saturated rings. The second kappa shape index (κ2) is 10.3. The van der Waals surface area contributed by atoms with Crippen LogP contribution in [0.3, 0.4) is 0 Å². The molecule has 0 saturated heterocycles. The maximum Gasteiger partial charge on any atom is 0.113 e. The third-order valence-electron chi connectivity index (χ3n) is 5.89. The Morgan fingerprint density at radius 2 is 1.67 bits per heavy atom. The predicted molar refractivity (Wildman–Crippen MR) is 115 cm³/mol. The van der Waals surface area contributed by atoms with E-state index in [1.54, 1.807) is 0 Å². The number of hydrogen-bond acceptors (Lipinski definition) is 1. The van der Waals surface area contributed by atoms with E-state index in [9.17, 15) is 0 Å². The molecule has 27 heavy (non-hydrogen) atoms. The van der Waals surface area contributed by atoms with Crippen LogP contribution in [-0.2, 0) is 6.42 Å². The van der Waals surface area contributed by atoms with Crippen LogP contribution < -0.4 is 0 Å². The maximum atomic E-state index is 4.46. The van der Waals surface area contributed by atoms with Crippen molar-refractivity contribution >= 4 is 0 Å². The molecule has 0 bridgehead atoms. The highest BCUT2D eigenvalue weighted by atomic mass is 14.7. The van der Waals surface area contributed by atoms with Crippen LogP contribution in [0.1, 0.15) is 93.5 Å². The normalized spacial score (nSPS) is 19.3. The van der Waals surface area contributed by atoms with Crippen molar-refractivity contribution in [3.8, 4) is 11.8 Å². The molecule has 1 aromatic carbocycles. The van der Waals surface area contributed by atoms with Gasteiger partial charge in [0.05, 0.1) is 0 Å². The average Bonchev–Trinajstić information content (AvgIpc) is 2.73. The molecule has 1 nitrogen and oxygen atoms in total. The molecule has 3 rings (SSSR count). The van der Waals surface area contributed by atoms with Crippen molar-refractivity contribution in [3.63, 3.8) is 0 Å². The van der Waals surface area contributed by atoms with Gasteiger partial charge < -0.3 is 0 Å². The van der Waals surface area contributed by atoms with Crippen molar-refractivity contribution in [1.82, 2.24) is 4.98 Å². The highest BCUT2D eigenvalue weighted by Gasteiger charge is 2.21. The second-order valence-corrected chi connectivity index (χ2v) is 8.03. The summed E-state index contributed by atoms with van der Waals surface area (Å²) in [5.41, 5.74) is 4.72. The lowest BCUT2D eigenvalue weighted by molar-refractivity contribution is 0.304. The lowest BCUT2D eigenvalue weighted by Gasteiger charge is -2.28. The molecule has 1 heteroatoms. The third kappa shape index (κ3) is 5.96. The van der Waals surface area contributed by atoms with E-state index in [0.29, 0.717) is 0 Å². The monoisotopic (exact) mass is 359 g/mol. The Morgan fingerprint density at radius 1 is 0.889 bits per heavy atom. The fourth-order valence-corrected chi connectivity index (χ4v) is 4.19. The largest absolute Gasteiger partial charge is 0.248 e. The van der Waals surface area contributed by atoms with Gasteiger partial charge in [0.15, 0.2) is 0 Å². The van der Waals surface area contributed by atoms with Gasteiger partial charge in [0.1, 0.15) is 5.69 Å². The Morgan fingerprint density at radius 3 is 2.30 bits per heavy atom. The molecule has 0 unspecified atom stereocenters. The molecule has 2 aromatic rings. The van der Waals surface area contributed by atoms with Gasteiger partial charge in [-0.2, -0.15) is 0 Å². The van der Waals surface area contributed by atoms with Crippen molar-refractivity contribution < 1.29 is 0 Å². The number of benzene rings is 1. The molecule has 1 saturated carbocycles. The summed E-state index contributed by atoms with van der Waals surface area (Å²) in [6, 6.07) is 13.1. The van der Waals surface area contributed by atoms with Gasteiger partial charge in [-0.15, -0.1) is 0 Å². The summed E-state index contributed by atoms with van der Waals surface area (Å²) in [4.78, 5) is 4.46. The SMILES string of the molecule is CCCCC1CCC(c2ccc(C#Cc3ccc(CCC)cn3)cc2)CC1. The highest BCUT2D eigenvalue weighted by molar-refractivity contribution is 5.41. The van der Waals surface area contributed by atoms with E-state index < -0.39 is 0 Å². The van der Waals surface area contributed by atoms with Gasteiger partial charge in [-0.1, -0.05) is 63.7 Å². The van der Waals surface area contributed by atoms with Gasteiger partial charge in [0, 0.05) is 11.8 Å². The highest BCUT2D eigenvalue weighted by Crippen LogP contribution is 2.37. The molecule has 1 aromatic heterocycles. The molecule has 0 N–H and O–H groups in total. The molecule has 0 atom stereocenters. The lowest BCUT2D eigenvalue weighted by atomic mass is 9.77. The Bertz CT molecular complexity index is 738. The first-order valence-corrected chi connectivity index (χ1v) is 10.9. The van der Waals surface area contributed by atoms with Gasteiger partial charge >= 0.3 is 0 Å².